The smallest absolute Gasteiger partial charge is 0.126 e. The molecule has 0 aromatic heterocycles. The van der Waals surface area contributed by atoms with Crippen LogP contribution in [0.25, 0.3) is 0 Å². The second-order valence-corrected chi connectivity index (χ2v) is 5.69. The van der Waals surface area contributed by atoms with Gasteiger partial charge in [-0.15, -0.1) is 0 Å². The summed E-state index contributed by atoms with van der Waals surface area (Å²) in [6.45, 7) is 9.59. The molecule has 1 saturated heterocycles. The number of methoxy groups -OCH3 is 1. The second-order valence-electron chi connectivity index (χ2n) is 4.84. The number of benzene rings is 1. The zero-order chi connectivity index (χ0) is 13.1. The lowest BCUT2D eigenvalue weighted by atomic mass is 10.0. The minimum atomic E-state index is 0.969. The van der Waals surface area contributed by atoms with Gasteiger partial charge in [-0.1, -0.05) is 15.9 Å². The highest BCUT2D eigenvalue weighted by molar-refractivity contribution is 9.10. The Labute approximate surface area is 118 Å². The number of rotatable bonds is 3. The van der Waals surface area contributed by atoms with E-state index in [1.165, 1.54) is 21.2 Å². The monoisotopic (exact) mass is 312 g/mol. The molecule has 1 N–H and O–H groups in total. The molecular weight excluding hydrogens is 292 g/mol. The molecule has 4 heteroatoms. The Balaban J connectivity index is 2.29. The van der Waals surface area contributed by atoms with Gasteiger partial charge in [0.15, 0.2) is 0 Å². The average Bonchev–Trinajstić information content (AvgIpc) is 2.37. The van der Waals surface area contributed by atoms with Crippen molar-refractivity contribution >= 4 is 15.9 Å². The lowest BCUT2D eigenvalue weighted by Crippen LogP contribution is -2.43. The van der Waals surface area contributed by atoms with E-state index in [0.717, 1.165) is 38.5 Å². The Hall–Kier alpha value is -0.580. The van der Waals surface area contributed by atoms with Crippen LogP contribution in [0, 0.1) is 13.8 Å². The minimum Gasteiger partial charge on any atom is -0.496 e. The lowest BCUT2D eigenvalue weighted by molar-refractivity contribution is 0.229. The van der Waals surface area contributed by atoms with Crippen LogP contribution in [0.4, 0.5) is 0 Å². The van der Waals surface area contributed by atoms with Crippen molar-refractivity contribution in [1.82, 2.24) is 10.2 Å². The van der Waals surface area contributed by atoms with E-state index in [1.807, 2.05) is 0 Å². The highest BCUT2D eigenvalue weighted by Crippen LogP contribution is 2.33. The zero-order valence-corrected chi connectivity index (χ0v) is 12.9. The zero-order valence-electron chi connectivity index (χ0n) is 11.3. The molecule has 1 aromatic rings. The topological polar surface area (TPSA) is 24.5 Å². The molecule has 1 aliphatic heterocycles. The first kappa shape index (κ1) is 13.8. The highest BCUT2D eigenvalue weighted by Gasteiger charge is 2.17. The van der Waals surface area contributed by atoms with Crippen LogP contribution in [0.5, 0.6) is 5.75 Å². The van der Waals surface area contributed by atoms with Gasteiger partial charge in [-0.05, 0) is 31.0 Å². The van der Waals surface area contributed by atoms with Crippen molar-refractivity contribution in [2.24, 2.45) is 0 Å². The quantitative estimate of drug-likeness (QED) is 0.928. The molecule has 0 unspecified atom stereocenters. The molecule has 0 radical (unpaired) electrons. The summed E-state index contributed by atoms with van der Waals surface area (Å²) in [6.07, 6.45) is 0. The van der Waals surface area contributed by atoms with Gasteiger partial charge in [-0.3, -0.25) is 4.90 Å². The van der Waals surface area contributed by atoms with Gasteiger partial charge < -0.3 is 10.1 Å². The van der Waals surface area contributed by atoms with E-state index in [2.05, 4.69) is 46.1 Å². The molecule has 1 aliphatic rings. The first-order valence-corrected chi connectivity index (χ1v) is 7.18. The predicted octanol–water partition coefficient (Wildman–Crippen LogP) is 2.48. The summed E-state index contributed by atoms with van der Waals surface area (Å²) in [6, 6.07) is 2.13. The number of nitrogens with one attached hydrogen (secondary N) is 1. The molecule has 0 bridgehead atoms. The predicted molar refractivity (Wildman–Crippen MR) is 78.3 cm³/mol. The number of piperazine rings is 1. The molecule has 0 saturated carbocycles. The number of halogens is 1. The van der Waals surface area contributed by atoms with E-state index in [-0.39, 0.29) is 0 Å². The van der Waals surface area contributed by atoms with E-state index >= 15 is 0 Å². The largest absolute Gasteiger partial charge is 0.496 e. The standard InChI is InChI=1S/C14H21BrN2O/c1-10-8-13(15)11(2)12(14(10)18-3)9-17-6-4-16-5-7-17/h8,16H,4-7,9H2,1-3H3. The first-order valence-electron chi connectivity index (χ1n) is 6.39. The maximum Gasteiger partial charge on any atom is 0.126 e. The van der Waals surface area contributed by atoms with E-state index < -0.39 is 0 Å². The highest BCUT2D eigenvalue weighted by atomic mass is 79.9. The fourth-order valence-corrected chi connectivity index (χ4v) is 3.07. The molecule has 0 aliphatic carbocycles. The maximum atomic E-state index is 5.59. The van der Waals surface area contributed by atoms with Crippen molar-refractivity contribution in [1.29, 1.82) is 0 Å². The molecule has 18 heavy (non-hydrogen) atoms. The molecular formula is C14H21BrN2O. The van der Waals surface area contributed by atoms with Gasteiger partial charge in [-0.2, -0.15) is 0 Å². The SMILES string of the molecule is COc1c(C)cc(Br)c(C)c1CN1CCNCC1. The number of hydrogen-bond acceptors (Lipinski definition) is 3. The number of aryl methyl sites for hydroxylation is 1. The fourth-order valence-electron chi connectivity index (χ4n) is 2.48. The normalized spacial score (nSPS) is 16.9. The average molecular weight is 313 g/mol. The van der Waals surface area contributed by atoms with Gasteiger partial charge in [0.1, 0.15) is 5.75 Å². The third kappa shape index (κ3) is 2.87. The van der Waals surface area contributed by atoms with Gasteiger partial charge >= 0.3 is 0 Å². The summed E-state index contributed by atoms with van der Waals surface area (Å²) in [5, 5.41) is 3.38. The first-order chi connectivity index (χ1) is 8.63. The summed E-state index contributed by atoms with van der Waals surface area (Å²) in [5.74, 6) is 1.04. The summed E-state index contributed by atoms with van der Waals surface area (Å²) in [4.78, 5) is 2.48. The van der Waals surface area contributed by atoms with Crippen molar-refractivity contribution < 1.29 is 4.74 Å². The van der Waals surface area contributed by atoms with Gasteiger partial charge in [0.2, 0.25) is 0 Å². The molecule has 100 valence electrons. The van der Waals surface area contributed by atoms with Crippen LogP contribution < -0.4 is 10.1 Å². The molecule has 2 rings (SSSR count). The Morgan fingerprint density at radius 1 is 1.33 bits per heavy atom. The van der Waals surface area contributed by atoms with E-state index in [4.69, 9.17) is 4.74 Å². The third-order valence-electron chi connectivity index (χ3n) is 3.58. The van der Waals surface area contributed by atoms with Gasteiger partial charge in [-0.25, -0.2) is 0 Å². The fraction of sp³-hybridized carbons (Fsp3) is 0.571. The van der Waals surface area contributed by atoms with Crippen LogP contribution in [-0.4, -0.2) is 38.2 Å². The number of ether oxygens (including phenoxy) is 1. The Morgan fingerprint density at radius 3 is 2.61 bits per heavy atom. The number of hydrogen-bond donors (Lipinski definition) is 1. The summed E-state index contributed by atoms with van der Waals surface area (Å²) in [7, 11) is 1.76. The number of nitrogens with zero attached hydrogens (tertiary/aromatic N) is 1. The second kappa shape index (κ2) is 6.04. The van der Waals surface area contributed by atoms with Crippen LogP contribution in [0.15, 0.2) is 10.5 Å². The van der Waals surface area contributed by atoms with Crippen LogP contribution in [0.1, 0.15) is 16.7 Å². The van der Waals surface area contributed by atoms with E-state index in [9.17, 15) is 0 Å². The molecule has 1 aromatic carbocycles. The van der Waals surface area contributed by atoms with E-state index in [0.29, 0.717) is 0 Å². The van der Waals surface area contributed by atoms with Crippen molar-refractivity contribution in [2.75, 3.05) is 33.3 Å². The third-order valence-corrected chi connectivity index (χ3v) is 4.41. The van der Waals surface area contributed by atoms with Crippen LogP contribution in [-0.2, 0) is 6.54 Å². The van der Waals surface area contributed by atoms with Gasteiger partial charge in [0.25, 0.3) is 0 Å². The van der Waals surface area contributed by atoms with Crippen molar-refractivity contribution in [2.45, 2.75) is 20.4 Å². The molecule has 1 fully saturated rings. The molecule has 0 atom stereocenters. The lowest BCUT2D eigenvalue weighted by Gasteiger charge is -2.29. The van der Waals surface area contributed by atoms with Gasteiger partial charge in [0, 0.05) is 42.8 Å². The summed E-state index contributed by atoms with van der Waals surface area (Å²) in [5.41, 5.74) is 3.79. The molecule has 1 heterocycles. The Morgan fingerprint density at radius 2 is 2.00 bits per heavy atom. The summed E-state index contributed by atoms with van der Waals surface area (Å²) < 4.78 is 6.76. The summed E-state index contributed by atoms with van der Waals surface area (Å²) >= 11 is 3.64. The molecule has 3 nitrogen and oxygen atoms in total. The van der Waals surface area contributed by atoms with Gasteiger partial charge in [0.05, 0.1) is 7.11 Å². The molecule has 0 amide bonds. The van der Waals surface area contributed by atoms with Crippen LogP contribution in [0.2, 0.25) is 0 Å². The minimum absolute atomic E-state index is 0.969. The Bertz CT molecular complexity index is 428. The van der Waals surface area contributed by atoms with Crippen LogP contribution >= 0.6 is 15.9 Å². The van der Waals surface area contributed by atoms with E-state index in [1.54, 1.807) is 7.11 Å². The molecule has 0 spiro atoms. The Kier molecular flexibility index (Phi) is 4.65. The van der Waals surface area contributed by atoms with Crippen molar-refractivity contribution in [3.05, 3.63) is 27.2 Å². The van der Waals surface area contributed by atoms with Crippen LogP contribution in [0.3, 0.4) is 0 Å². The van der Waals surface area contributed by atoms with Crippen molar-refractivity contribution in [3.63, 3.8) is 0 Å². The van der Waals surface area contributed by atoms with Crippen molar-refractivity contribution in [3.8, 4) is 5.75 Å². The maximum absolute atomic E-state index is 5.59.